The lowest BCUT2D eigenvalue weighted by Gasteiger charge is -2.18. The summed E-state index contributed by atoms with van der Waals surface area (Å²) in [7, 11) is 1.71. The van der Waals surface area contributed by atoms with E-state index in [2.05, 4.69) is 30.4 Å². The summed E-state index contributed by atoms with van der Waals surface area (Å²) in [5.74, 6) is 0.922. The molecule has 1 aliphatic carbocycles. The van der Waals surface area contributed by atoms with Crippen LogP contribution >= 0.6 is 11.6 Å². The van der Waals surface area contributed by atoms with E-state index in [4.69, 9.17) is 16.3 Å². The average molecular weight is 288 g/mol. The molecule has 1 atom stereocenters. The molecule has 0 saturated heterocycles. The summed E-state index contributed by atoms with van der Waals surface area (Å²) in [4.78, 5) is 0. The van der Waals surface area contributed by atoms with Crippen LogP contribution in [0.3, 0.4) is 0 Å². The number of hydrogen-bond donors (Lipinski definition) is 1. The van der Waals surface area contributed by atoms with Gasteiger partial charge in [-0.1, -0.05) is 17.7 Å². The predicted octanol–water partition coefficient (Wildman–Crippen LogP) is 4.76. The number of methoxy groups -OCH3 is 1. The number of aryl methyl sites for hydroxylation is 2. The zero-order valence-corrected chi connectivity index (χ0v) is 12.5. The predicted molar refractivity (Wildman–Crippen MR) is 83.9 cm³/mol. The molecule has 2 nitrogen and oxygen atoms in total. The maximum atomic E-state index is 6.01. The molecule has 0 radical (unpaired) electrons. The second-order valence-corrected chi connectivity index (χ2v) is 5.70. The van der Waals surface area contributed by atoms with Crippen molar-refractivity contribution in [2.75, 3.05) is 12.4 Å². The Hall–Kier alpha value is -1.67. The maximum absolute atomic E-state index is 6.01. The zero-order chi connectivity index (χ0) is 14.1. The van der Waals surface area contributed by atoms with Gasteiger partial charge in [0.05, 0.1) is 13.2 Å². The van der Waals surface area contributed by atoms with Crippen molar-refractivity contribution in [3.63, 3.8) is 0 Å². The van der Waals surface area contributed by atoms with Gasteiger partial charge in [0.15, 0.2) is 0 Å². The fraction of sp³-hybridized carbons (Fsp3) is 0.294. The number of anilines is 1. The van der Waals surface area contributed by atoms with Crippen LogP contribution in [0.25, 0.3) is 0 Å². The molecule has 2 aromatic rings. The van der Waals surface area contributed by atoms with Crippen molar-refractivity contribution in [3.8, 4) is 5.75 Å². The van der Waals surface area contributed by atoms with Crippen molar-refractivity contribution >= 4 is 17.3 Å². The zero-order valence-electron chi connectivity index (χ0n) is 11.7. The molecule has 0 amide bonds. The number of benzene rings is 2. The number of rotatable bonds is 3. The highest BCUT2D eigenvalue weighted by atomic mass is 35.5. The van der Waals surface area contributed by atoms with Crippen molar-refractivity contribution in [1.82, 2.24) is 0 Å². The number of ether oxygens (including phenoxy) is 1. The summed E-state index contributed by atoms with van der Waals surface area (Å²) in [5.41, 5.74) is 5.08. The molecule has 0 aromatic heterocycles. The molecule has 104 valence electrons. The highest BCUT2D eigenvalue weighted by molar-refractivity contribution is 6.30. The summed E-state index contributed by atoms with van der Waals surface area (Å²) >= 11 is 6.01. The van der Waals surface area contributed by atoms with Gasteiger partial charge in [-0.05, 0) is 66.8 Å². The Morgan fingerprint density at radius 1 is 1.20 bits per heavy atom. The van der Waals surface area contributed by atoms with Crippen LogP contribution in [0.5, 0.6) is 5.75 Å². The van der Waals surface area contributed by atoms with Crippen molar-refractivity contribution in [2.24, 2.45) is 0 Å². The molecular formula is C17H18ClNO. The van der Waals surface area contributed by atoms with E-state index < -0.39 is 0 Å². The van der Waals surface area contributed by atoms with Crippen molar-refractivity contribution < 1.29 is 4.74 Å². The first kappa shape index (κ1) is 13.3. The van der Waals surface area contributed by atoms with Crippen LogP contribution in [0, 0.1) is 6.92 Å². The Balaban J connectivity index is 1.87. The summed E-state index contributed by atoms with van der Waals surface area (Å²) in [6.07, 6.45) is 2.23. The lowest BCUT2D eigenvalue weighted by molar-refractivity contribution is 0.414. The minimum atomic E-state index is 0.347. The van der Waals surface area contributed by atoms with Gasteiger partial charge in [0.1, 0.15) is 5.75 Å². The van der Waals surface area contributed by atoms with Crippen LogP contribution in [0.2, 0.25) is 5.02 Å². The molecule has 1 aliphatic rings. The van der Waals surface area contributed by atoms with Gasteiger partial charge < -0.3 is 10.1 Å². The monoisotopic (exact) mass is 287 g/mol. The standard InChI is InChI=1S/C17H18ClNO/c1-11-9-13(18)5-8-16(11)19-17-7-4-12-3-6-14(20-2)10-15(12)17/h3,5-6,8-10,17,19H,4,7H2,1-2H3. The lowest BCUT2D eigenvalue weighted by atomic mass is 10.1. The molecule has 3 heteroatoms. The highest BCUT2D eigenvalue weighted by Crippen LogP contribution is 2.36. The van der Waals surface area contributed by atoms with E-state index in [0.29, 0.717) is 6.04 Å². The Bertz CT molecular complexity index is 639. The number of hydrogen-bond acceptors (Lipinski definition) is 2. The largest absolute Gasteiger partial charge is 0.497 e. The number of nitrogens with one attached hydrogen (secondary N) is 1. The Morgan fingerprint density at radius 3 is 2.80 bits per heavy atom. The van der Waals surface area contributed by atoms with Gasteiger partial charge in [-0.2, -0.15) is 0 Å². The van der Waals surface area contributed by atoms with E-state index in [0.717, 1.165) is 29.3 Å². The van der Waals surface area contributed by atoms with Crippen LogP contribution in [0.4, 0.5) is 5.69 Å². The average Bonchev–Trinajstić information content (AvgIpc) is 2.84. The smallest absolute Gasteiger partial charge is 0.119 e. The van der Waals surface area contributed by atoms with E-state index >= 15 is 0 Å². The molecule has 0 aliphatic heterocycles. The maximum Gasteiger partial charge on any atom is 0.119 e. The Morgan fingerprint density at radius 2 is 2.05 bits per heavy atom. The number of fused-ring (bicyclic) bond motifs is 1. The van der Waals surface area contributed by atoms with Gasteiger partial charge in [-0.15, -0.1) is 0 Å². The normalized spacial score (nSPS) is 16.9. The van der Waals surface area contributed by atoms with Gasteiger partial charge in [0.25, 0.3) is 0 Å². The van der Waals surface area contributed by atoms with Crippen LogP contribution in [-0.4, -0.2) is 7.11 Å². The topological polar surface area (TPSA) is 21.3 Å². The third-order valence-corrected chi connectivity index (χ3v) is 4.18. The molecule has 20 heavy (non-hydrogen) atoms. The second kappa shape index (κ2) is 5.37. The molecule has 0 saturated carbocycles. The first-order chi connectivity index (χ1) is 9.67. The minimum Gasteiger partial charge on any atom is -0.497 e. The summed E-state index contributed by atoms with van der Waals surface area (Å²) in [6, 6.07) is 12.7. The van der Waals surface area contributed by atoms with Crippen molar-refractivity contribution in [1.29, 1.82) is 0 Å². The van der Waals surface area contributed by atoms with Gasteiger partial charge in [0.2, 0.25) is 0 Å². The molecule has 2 aromatic carbocycles. The van der Waals surface area contributed by atoms with Crippen LogP contribution in [0.15, 0.2) is 36.4 Å². The van der Waals surface area contributed by atoms with Crippen LogP contribution < -0.4 is 10.1 Å². The van der Waals surface area contributed by atoms with Gasteiger partial charge in [-0.3, -0.25) is 0 Å². The van der Waals surface area contributed by atoms with E-state index in [1.165, 1.54) is 16.7 Å². The molecular weight excluding hydrogens is 270 g/mol. The minimum absolute atomic E-state index is 0.347. The van der Waals surface area contributed by atoms with Gasteiger partial charge >= 0.3 is 0 Å². The summed E-state index contributed by atoms with van der Waals surface area (Å²) in [6.45, 7) is 2.08. The van der Waals surface area contributed by atoms with Crippen LogP contribution in [-0.2, 0) is 6.42 Å². The highest BCUT2D eigenvalue weighted by Gasteiger charge is 2.23. The first-order valence-electron chi connectivity index (χ1n) is 6.87. The molecule has 1 unspecified atom stereocenters. The van der Waals surface area contributed by atoms with Gasteiger partial charge in [-0.25, -0.2) is 0 Å². The lowest BCUT2D eigenvalue weighted by Crippen LogP contribution is -2.08. The molecule has 0 heterocycles. The third kappa shape index (κ3) is 2.48. The molecule has 1 N–H and O–H groups in total. The molecule has 3 rings (SSSR count). The van der Waals surface area contributed by atoms with Crippen molar-refractivity contribution in [2.45, 2.75) is 25.8 Å². The first-order valence-corrected chi connectivity index (χ1v) is 7.24. The molecule has 0 fully saturated rings. The Labute approximate surface area is 124 Å². The number of halogens is 1. The summed E-state index contributed by atoms with van der Waals surface area (Å²) in [5, 5.41) is 4.41. The van der Waals surface area contributed by atoms with E-state index in [9.17, 15) is 0 Å². The van der Waals surface area contributed by atoms with E-state index in [1.807, 2.05) is 18.2 Å². The second-order valence-electron chi connectivity index (χ2n) is 5.26. The van der Waals surface area contributed by atoms with E-state index in [-0.39, 0.29) is 0 Å². The third-order valence-electron chi connectivity index (χ3n) is 3.95. The molecule has 0 bridgehead atoms. The quantitative estimate of drug-likeness (QED) is 0.879. The fourth-order valence-electron chi connectivity index (χ4n) is 2.83. The van der Waals surface area contributed by atoms with Crippen LogP contribution in [0.1, 0.15) is 29.2 Å². The Kier molecular flexibility index (Phi) is 3.58. The SMILES string of the molecule is COc1ccc2c(c1)C(Nc1ccc(Cl)cc1C)CC2. The van der Waals surface area contributed by atoms with E-state index in [1.54, 1.807) is 7.11 Å². The molecule has 0 spiro atoms. The fourth-order valence-corrected chi connectivity index (χ4v) is 3.06. The van der Waals surface area contributed by atoms with Crippen molar-refractivity contribution in [3.05, 3.63) is 58.1 Å². The summed E-state index contributed by atoms with van der Waals surface area (Å²) < 4.78 is 5.33. The van der Waals surface area contributed by atoms with Gasteiger partial charge in [0, 0.05) is 10.7 Å².